The van der Waals surface area contributed by atoms with Crippen LogP contribution in [0.5, 0.6) is 17.5 Å². The number of aromatic nitrogens is 2. The lowest BCUT2D eigenvalue weighted by atomic mass is 10.1. The lowest BCUT2D eigenvalue weighted by Gasteiger charge is -2.11. The van der Waals surface area contributed by atoms with Gasteiger partial charge < -0.3 is 14.6 Å². The van der Waals surface area contributed by atoms with Crippen molar-refractivity contribution in [3.63, 3.8) is 0 Å². The zero-order valence-electron chi connectivity index (χ0n) is 18.9. The van der Waals surface area contributed by atoms with Crippen LogP contribution in [-0.4, -0.2) is 28.3 Å². The smallest absolute Gasteiger partial charge is 0.307 e. The van der Waals surface area contributed by atoms with Crippen molar-refractivity contribution in [3.05, 3.63) is 111 Å². The molecule has 0 spiro atoms. The van der Waals surface area contributed by atoms with Gasteiger partial charge in [-0.2, -0.15) is 0 Å². The molecule has 0 radical (unpaired) electrons. The minimum Gasteiger partial charge on any atom is -0.494 e. The summed E-state index contributed by atoms with van der Waals surface area (Å²) in [5.41, 5.74) is 6.20. The summed E-state index contributed by atoms with van der Waals surface area (Å²) in [5.74, 6) is 1.15. The van der Waals surface area contributed by atoms with Gasteiger partial charge in [-0.05, 0) is 29.3 Å². The second kappa shape index (κ2) is 11.9. The van der Waals surface area contributed by atoms with E-state index in [1.807, 2.05) is 60.7 Å². The zero-order chi connectivity index (χ0) is 24.5. The van der Waals surface area contributed by atoms with Crippen LogP contribution < -0.4 is 19.8 Å². The number of nitrogens with one attached hydrogen (secondary N) is 2. The van der Waals surface area contributed by atoms with Gasteiger partial charge in [0.2, 0.25) is 11.8 Å². The summed E-state index contributed by atoms with van der Waals surface area (Å²) in [6.45, 7) is 5.06. The van der Waals surface area contributed by atoms with Crippen molar-refractivity contribution < 1.29 is 19.4 Å². The molecule has 0 fully saturated rings. The van der Waals surface area contributed by atoms with Gasteiger partial charge in [0.05, 0.1) is 10.6 Å². The molecule has 3 N–H and O–H groups in total. The maximum atomic E-state index is 11.3. The van der Waals surface area contributed by atoms with Crippen molar-refractivity contribution in [1.82, 2.24) is 15.4 Å². The maximum absolute atomic E-state index is 11.3. The third kappa shape index (κ3) is 7.20. The SMILES string of the molecule is C=C(NOCCOc1ccc(Cc2sc(=O)[nH]c2O)cc1)c1ccc(OCc2ccccc2)nc1. The van der Waals surface area contributed by atoms with Crippen LogP contribution in [0.15, 0.2) is 84.3 Å². The van der Waals surface area contributed by atoms with E-state index in [0.717, 1.165) is 28.0 Å². The van der Waals surface area contributed by atoms with Gasteiger partial charge in [-0.3, -0.25) is 20.1 Å². The normalized spacial score (nSPS) is 10.6. The van der Waals surface area contributed by atoms with E-state index in [1.165, 1.54) is 0 Å². The molecule has 0 aliphatic carbocycles. The van der Waals surface area contributed by atoms with E-state index < -0.39 is 0 Å². The molecule has 0 unspecified atom stereocenters. The first kappa shape index (κ1) is 24.1. The summed E-state index contributed by atoms with van der Waals surface area (Å²) >= 11 is 1.00. The Morgan fingerprint density at radius 2 is 1.80 bits per heavy atom. The number of pyridine rings is 1. The van der Waals surface area contributed by atoms with Crippen LogP contribution >= 0.6 is 11.3 Å². The predicted molar refractivity (Wildman–Crippen MR) is 134 cm³/mol. The number of nitrogens with zero attached hydrogens (tertiary/aromatic N) is 1. The molecule has 8 nitrogen and oxygen atoms in total. The van der Waals surface area contributed by atoms with Gasteiger partial charge in [0.1, 0.15) is 25.6 Å². The Labute approximate surface area is 206 Å². The zero-order valence-corrected chi connectivity index (χ0v) is 19.7. The van der Waals surface area contributed by atoms with Crippen LogP contribution in [0.3, 0.4) is 0 Å². The fourth-order valence-electron chi connectivity index (χ4n) is 3.13. The number of hydrogen-bond acceptors (Lipinski definition) is 8. The number of aromatic hydroxyl groups is 1. The average molecular weight is 492 g/mol. The highest BCUT2D eigenvalue weighted by atomic mass is 32.1. The van der Waals surface area contributed by atoms with Gasteiger partial charge >= 0.3 is 4.87 Å². The first-order valence-electron chi connectivity index (χ1n) is 10.9. The molecule has 2 aromatic heterocycles. The quantitative estimate of drug-likeness (QED) is 0.201. The van der Waals surface area contributed by atoms with E-state index in [9.17, 15) is 9.90 Å². The van der Waals surface area contributed by atoms with Crippen LogP contribution in [0.25, 0.3) is 5.70 Å². The number of thiazole rings is 1. The average Bonchev–Trinajstić information content (AvgIpc) is 3.20. The Kier molecular flexibility index (Phi) is 8.16. The highest BCUT2D eigenvalue weighted by molar-refractivity contribution is 7.09. The van der Waals surface area contributed by atoms with Crippen LogP contribution in [0, 0.1) is 0 Å². The Bertz CT molecular complexity index is 1290. The standard InChI is InChI=1S/C26H25N3O5S/c1-18(21-9-12-24(27-16-21)33-17-20-5-3-2-4-6-20)29-34-14-13-32-22-10-7-19(8-11-22)15-23-25(30)28-26(31)35-23/h2-12,16,29-30H,1,13-15,17H2,(H,28,31). The summed E-state index contributed by atoms with van der Waals surface area (Å²) in [4.78, 5) is 23.7. The van der Waals surface area contributed by atoms with Crippen LogP contribution in [0.1, 0.15) is 21.6 Å². The molecule has 0 amide bonds. The van der Waals surface area contributed by atoms with E-state index in [0.29, 0.717) is 48.4 Å². The first-order chi connectivity index (χ1) is 17.1. The molecule has 4 rings (SSSR count). The second-order valence-corrected chi connectivity index (χ2v) is 8.61. The highest BCUT2D eigenvalue weighted by Crippen LogP contribution is 2.22. The molecule has 35 heavy (non-hydrogen) atoms. The monoisotopic (exact) mass is 491 g/mol. The third-order valence-corrected chi connectivity index (χ3v) is 5.82. The van der Waals surface area contributed by atoms with Crippen LogP contribution in [0.4, 0.5) is 0 Å². The topological polar surface area (TPSA) is 106 Å². The minimum absolute atomic E-state index is 0.0744. The Hall–Kier alpha value is -4.08. The number of ether oxygens (including phenoxy) is 2. The molecule has 4 aromatic rings. The van der Waals surface area contributed by atoms with Crippen molar-refractivity contribution in [2.24, 2.45) is 0 Å². The molecule has 0 aliphatic rings. The Morgan fingerprint density at radius 3 is 2.49 bits per heavy atom. The van der Waals surface area contributed by atoms with E-state index in [-0.39, 0.29) is 10.8 Å². The van der Waals surface area contributed by atoms with Crippen molar-refractivity contribution in [1.29, 1.82) is 0 Å². The van der Waals surface area contributed by atoms with Gasteiger partial charge in [0, 0.05) is 24.2 Å². The largest absolute Gasteiger partial charge is 0.494 e. The van der Waals surface area contributed by atoms with E-state index in [4.69, 9.17) is 14.3 Å². The van der Waals surface area contributed by atoms with E-state index in [2.05, 4.69) is 22.0 Å². The molecule has 0 saturated heterocycles. The van der Waals surface area contributed by atoms with E-state index >= 15 is 0 Å². The van der Waals surface area contributed by atoms with Crippen molar-refractivity contribution >= 4 is 17.0 Å². The van der Waals surface area contributed by atoms with Crippen LogP contribution in [0.2, 0.25) is 0 Å². The summed E-state index contributed by atoms with van der Waals surface area (Å²) in [7, 11) is 0. The molecule has 2 aromatic carbocycles. The molecular weight excluding hydrogens is 466 g/mol. The molecule has 2 heterocycles. The molecular formula is C26H25N3O5S. The van der Waals surface area contributed by atoms with Crippen molar-refractivity contribution in [2.45, 2.75) is 13.0 Å². The lowest BCUT2D eigenvalue weighted by Crippen LogP contribution is -2.17. The number of rotatable bonds is 12. The fraction of sp³-hybridized carbons (Fsp3) is 0.154. The summed E-state index contributed by atoms with van der Waals surface area (Å²) in [6.07, 6.45) is 2.14. The predicted octanol–water partition coefficient (Wildman–Crippen LogP) is 4.28. The summed E-state index contributed by atoms with van der Waals surface area (Å²) in [5, 5.41) is 9.69. The summed E-state index contributed by atoms with van der Waals surface area (Å²) in [6, 6.07) is 21.0. The number of benzene rings is 2. The van der Waals surface area contributed by atoms with Crippen molar-refractivity contribution in [2.75, 3.05) is 13.2 Å². The molecule has 180 valence electrons. The number of aromatic amines is 1. The number of hydroxylamine groups is 1. The molecule has 0 aliphatic heterocycles. The number of H-pyrrole nitrogens is 1. The summed E-state index contributed by atoms with van der Waals surface area (Å²) < 4.78 is 11.4. The molecule has 0 saturated carbocycles. The highest BCUT2D eigenvalue weighted by Gasteiger charge is 2.08. The fourth-order valence-corrected chi connectivity index (χ4v) is 3.89. The van der Waals surface area contributed by atoms with Crippen LogP contribution in [-0.2, 0) is 17.9 Å². The molecule has 9 heteroatoms. The third-order valence-electron chi connectivity index (χ3n) is 4.95. The second-order valence-electron chi connectivity index (χ2n) is 7.54. The van der Waals surface area contributed by atoms with Gasteiger partial charge in [0.15, 0.2) is 0 Å². The molecule has 0 atom stereocenters. The Balaban J connectivity index is 1.14. The van der Waals surface area contributed by atoms with E-state index in [1.54, 1.807) is 12.3 Å². The molecule has 0 bridgehead atoms. The lowest BCUT2D eigenvalue weighted by molar-refractivity contribution is 0.0541. The minimum atomic E-state index is -0.269. The van der Waals surface area contributed by atoms with Crippen molar-refractivity contribution in [3.8, 4) is 17.5 Å². The van der Waals surface area contributed by atoms with Gasteiger partial charge in [-0.15, -0.1) is 0 Å². The Morgan fingerprint density at radius 1 is 1.00 bits per heavy atom. The van der Waals surface area contributed by atoms with Gasteiger partial charge in [-0.1, -0.05) is 60.4 Å². The van der Waals surface area contributed by atoms with Gasteiger partial charge in [0.25, 0.3) is 0 Å². The number of hydrogen-bond donors (Lipinski definition) is 3. The maximum Gasteiger partial charge on any atom is 0.307 e. The van der Waals surface area contributed by atoms with Gasteiger partial charge in [-0.25, -0.2) is 4.98 Å². The first-order valence-corrected chi connectivity index (χ1v) is 11.7.